The number of aromatic nitrogens is 3. The molecule has 5 heteroatoms. The van der Waals surface area contributed by atoms with E-state index in [1.807, 2.05) is 48.5 Å². The first-order valence-corrected chi connectivity index (χ1v) is 15.5. The van der Waals surface area contributed by atoms with Gasteiger partial charge in [-0.2, -0.15) is 4.39 Å². The van der Waals surface area contributed by atoms with Crippen molar-refractivity contribution in [3.8, 4) is 50.5 Å². The molecule has 0 atom stereocenters. The van der Waals surface area contributed by atoms with Gasteiger partial charge in [0.1, 0.15) is 17.0 Å². The Balaban J connectivity index is 1.36. The molecule has 3 heterocycles. The fraction of sp³-hybridized carbons (Fsp3) is 0. The third-order valence-electron chi connectivity index (χ3n) is 8.79. The lowest BCUT2D eigenvalue weighted by atomic mass is 9.96. The first-order valence-electron chi connectivity index (χ1n) is 15.5. The number of hydrogen-bond donors (Lipinski definition) is 0. The maximum atomic E-state index is 14.4. The smallest absolute Gasteiger partial charge is 0.216 e. The van der Waals surface area contributed by atoms with Gasteiger partial charge < -0.3 is 4.42 Å². The van der Waals surface area contributed by atoms with Crippen LogP contribution in [-0.4, -0.2) is 14.5 Å². The van der Waals surface area contributed by atoms with Crippen LogP contribution in [0, 0.1) is 5.95 Å². The van der Waals surface area contributed by atoms with Crippen molar-refractivity contribution >= 4 is 33.0 Å². The van der Waals surface area contributed by atoms with E-state index in [9.17, 15) is 4.39 Å². The highest BCUT2D eigenvalue weighted by Gasteiger charge is 2.24. The number of pyridine rings is 1. The Kier molecular flexibility index (Phi) is 6.28. The fourth-order valence-corrected chi connectivity index (χ4v) is 6.63. The summed E-state index contributed by atoms with van der Waals surface area (Å²) < 4.78 is 23.2. The molecule has 0 aliphatic carbocycles. The number of benzene rings is 6. The van der Waals surface area contributed by atoms with Crippen molar-refractivity contribution < 1.29 is 8.81 Å². The molecule has 0 spiro atoms. The monoisotopic (exact) mass is 607 g/mol. The Morgan fingerprint density at radius 3 is 1.94 bits per heavy atom. The van der Waals surface area contributed by atoms with Crippen molar-refractivity contribution in [2.24, 2.45) is 0 Å². The molecule has 0 aliphatic rings. The minimum Gasteiger partial charge on any atom is -0.455 e. The number of imidazole rings is 1. The van der Waals surface area contributed by atoms with Gasteiger partial charge in [-0.3, -0.25) is 4.57 Å². The first kappa shape index (κ1) is 27.0. The summed E-state index contributed by atoms with van der Waals surface area (Å²) in [5.74, 6) is 0.144. The summed E-state index contributed by atoms with van der Waals surface area (Å²) >= 11 is 0. The van der Waals surface area contributed by atoms with E-state index in [1.54, 1.807) is 6.20 Å². The molecule has 0 radical (unpaired) electrons. The third kappa shape index (κ3) is 4.51. The van der Waals surface area contributed by atoms with Gasteiger partial charge in [0.15, 0.2) is 0 Å². The second kappa shape index (κ2) is 10.9. The number of furan rings is 1. The summed E-state index contributed by atoms with van der Waals surface area (Å²) in [6.45, 7) is 0. The third-order valence-corrected chi connectivity index (χ3v) is 8.79. The van der Waals surface area contributed by atoms with Gasteiger partial charge in [-0.05, 0) is 58.1 Å². The number of rotatable bonds is 5. The summed E-state index contributed by atoms with van der Waals surface area (Å²) in [6.07, 6.45) is 1.56. The number of hydrogen-bond acceptors (Lipinski definition) is 3. The fourth-order valence-electron chi connectivity index (χ4n) is 6.63. The SMILES string of the molecule is Fc1cc2oc3c(-c4nc5ccccc5n4-c4ccc(-c5ccccc5)cc4-c4ccccc4)ccc(-c4ccccc4)c3c2cn1. The second-order valence-corrected chi connectivity index (χ2v) is 11.6. The van der Waals surface area contributed by atoms with Crippen molar-refractivity contribution in [3.05, 3.63) is 164 Å². The molecule has 3 aromatic heterocycles. The summed E-state index contributed by atoms with van der Waals surface area (Å²) in [5.41, 5.74) is 11.2. The number of nitrogens with zero attached hydrogens (tertiary/aromatic N) is 3. The first-order chi connectivity index (χ1) is 23.2. The average Bonchev–Trinajstić information content (AvgIpc) is 3.71. The van der Waals surface area contributed by atoms with Crippen molar-refractivity contribution in [3.63, 3.8) is 0 Å². The topological polar surface area (TPSA) is 43.9 Å². The summed E-state index contributed by atoms with van der Waals surface area (Å²) in [6, 6.07) is 51.3. The summed E-state index contributed by atoms with van der Waals surface area (Å²) in [4.78, 5) is 9.23. The lowest BCUT2D eigenvalue weighted by molar-refractivity contribution is 0.579. The van der Waals surface area contributed by atoms with Gasteiger partial charge >= 0.3 is 0 Å². The van der Waals surface area contributed by atoms with Gasteiger partial charge in [0.05, 0.1) is 22.3 Å². The zero-order valence-electron chi connectivity index (χ0n) is 25.1. The van der Waals surface area contributed by atoms with Crippen LogP contribution in [0.3, 0.4) is 0 Å². The second-order valence-electron chi connectivity index (χ2n) is 11.6. The molecule has 9 aromatic rings. The van der Waals surface area contributed by atoms with Crippen LogP contribution in [-0.2, 0) is 0 Å². The minimum atomic E-state index is -0.586. The van der Waals surface area contributed by atoms with Crippen molar-refractivity contribution in [1.82, 2.24) is 14.5 Å². The predicted molar refractivity (Wildman–Crippen MR) is 188 cm³/mol. The van der Waals surface area contributed by atoms with E-state index in [0.717, 1.165) is 72.3 Å². The molecular formula is C42H26FN3O. The average molecular weight is 608 g/mol. The van der Waals surface area contributed by atoms with E-state index in [2.05, 4.69) is 107 Å². The molecule has 0 unspecified atom stereocenters. The largest absolute Gasteiger partial charge is 0.455 e. The molecule has 47 heavy (non-hydrogen) atoms. The van der Waals surface area contributed by atoms with Crippen LogP contribution in [0.25, 0.3) is 83.4 Å². The quantitative estimate of drug-likeness (QED) is 0.183. The van der Waals surface area contributed by atoms with Crippen LogP contribution in [0.15, 0.2) is 162 Å². The Bertz CT molecular complexity index is 2570. The molecule has 0 saturated heterocycles. The van der Waals surface area contributed by atoms with E-state index in [-0.39, 0.29) is 0 Å². The van der Waals surface area contributed by atoms with Gasteiger partial charge in [0.25, 0.3) is 0 Å². The molecule has 0 bridgehead atoms. The van der Waals surface area contributed by atoms with Crippen LogP contribution in [0.4, 0.5) is 4.39 Å². The predicted octanol–water partition coefficient (Wildman–Crippen LogP) is 11.1. The normalized spacial score (nSPS) is 11.5. The number of para-hydroxylation sites is 2. The van der Waals surface area contributed by atoms with E-state index in [0.29, 0.717) is 11.2 Å². The molecule has 0 fully saturated rings. The van der Waals surface area contributed by atoms with E-state index >= 15 is 0 Å². The van der Waals surface area contributed by atoms with Crippen LogP contribution >= 0.6 is 0 Å². The Morgan fingerprint density at radius 1 is 0.553 bits per heavy atom. The van der Waals surface area contributed by atoms with Gasteiger partial charge in [-0.15, -0.1) is 0 Å². The van der Waals surface area contributed by atoms with Gasteiger partial charge in [0.2, 0.25) is 5.95 Å². The molecule has 0 saturated carbocycles. The van der Waals surface area contributed by atoms with Crippen LogP contribution in [0.1, 0.15) is 0 Å². The van der Waals surface area contributed by atoms with Crippen LogP contribution < -0.4 is 0 Å². The van der Waals surface area contributed by atoms with Crippen LogP contribution in [0.2, 0.25) is 0 Å². The van der Waals surface area contributed by atoms with E-state index in [1.165, 1.54) is 6.07 Å². The zero-order valence-corrected chi connectivity index (χ0v) is 25.1. The molecule has 6 aromatic carbocycles. The minimum absolute atomic E-state index is 0.442. The van der Waals surface area contributed by atoms with Gasteiger partial charge in [0, 0.05) is 28.6 Å². The van der Waals surface area contributed by atoms with Crippen LogP contribution in [0.5, 0.6) is 0 Å². The van der Waals surface area contributed by atoms with Crippen molar-refractivity contribution in [1.29, 1.82) is 0 Å². The molecule has 0 N–H and O–H groups in total. The molecule has 4 nitrogen and oxygen atoms in total. The maximum absolute atomic E-state index is 14.4. The van der Waals surface area contributed by atoms with E-state index in [4.69, 9.17) is 9.40 Å². The molecule has 222 valence electrons. The number of fused-ring (bicyclic) bond motifs is 4. The standard InChI is InChI=1S/C42H26FN3O/c43-39-25-38-34(26-44-39)40-31(28-14-6-2-7-15-28)21-22-32(41(40)47-38)42-45-35-18-10-11-19-37(35)46(42)36-23-20-30(27-12-4-1-5-13-27)24-33(36)29-16-8-3-9-17-29/h1-26H. The van der Waals surface area contributed by atoms with Crippen molar-refractivity contribution in [2.75, 3.05) is 0 Å². The maximum Gasteiger partial charge on any atom is 0.216 e. The zero-order chi connectivity index (χ0) is 31.3. The lowest BCUT2D eigenvalue weighted by Crippen LogP contribution is -2.01. The highest BCUT2D eigenvalue weighted by atomic mass is 19.1. The van der Waals surface area contributed by atoms with Crippen molar-refractivity contribution in [2.45, 2.75) is 0 Å². The van der Waals surface area contributed by atoms with E-state index < -0.39 is 5.95 Å². The highest BCUT2D eigenvalue weighted by molar-refractivity contribution is 6.16. The summed E-state index contributed by atoms with van der Waals surface area (Å²) in [7, 11) is 0. The molecular weight excluding hydrogens is 581 g/mol. The molecule has 0 amide bonds. The lowest BCUT2D eigenvalue weighted by Gasteiger charge is -2.17. The van der Waals surface area contributed by atoms with Gasteiger partial charge in [-0.1, -0.05) is 115 Å². The number of halogens is 1. The Morgan fingerprint density at radius 2 is 1.19 bits per heavy atom. The van der Waals surface area contributed by atoms with Gasteiger partial charge in [-0.25, -0.2) is 9.97 Å². The Hall–Kier alpha value is -6.33. The highest BCUT2D eigenvalue weighted by Crippen LogP contribution is 2.43. The Labute approximate surface area is 270 Å². The summed E-state index contributed by atoms with van der Waals surface area (Å²) in [5, 5.41) is 1.62. The molecule has 0 aliphatic heterocycles. The molecule has 9 rings (SSSR count).